The van der Waals surface area contributed by atoms with E-state index in [4.69, 9.17) is 9.47 Å². The lowest BCUT2D eigenvalue weighted by molar-refractivity contribution is -0.140. The number of aliphatic carboxylic acids is 1. The first-order valence-corrected chi connectivity index (χ1v) is 6.84. The van der Waals surface area contributed by atoms with Crippen molar-refractivity contribution in [3.63, 3.8) is 0 Å². The summed E-state index contributed by atoms with van der Waals surface area (Å²) in [5.41, 5.74) is 1.20. The second-order valence-corrected chi connectivity index (χ2v) is 4.89. The van der Waals surface area contributed by atoms with Gasteiger partial charge in [0.1, 0.15) is 19.3 Å². The molecule has 0 bridgehead atoms. The number of anilines is 2. The van der Waals surface area contributed by atoms with Crippen LogP contribution in [0.3, 0.4) is 0 Å². The zero-order valence-corrected chi connectivity index (χ0v) is 11.6. The molecule has 2 heterocycles. The van der Waals surface area contributed by atoms with Crippen LogP contribution in [0.25, 0.3) is 0 Å². The molecule has 0 saturated heterocycles. The summed E-state index contributed by atoms with van der Waals surface area (Å²) >= 11 is 0. The van der Waals surface area contributed by atoms with Crippen LogP contribution in [0.4, 0.5) is 11.4 Å². The fourth-order valence-corrected chi connectivity index (χ4v) is 2.62. The Morgan fingerprint density at radius 2 is 2.05 bits per heavy atom. The number of nitrogens with one attached hydrogen (secondary N) is 1. The van der Waals surface area contributed by atoms with Gasteiger partial charge in [-0.2, -0.15) is 0 Å². The van der Waals surface area contributed by atoms with Gasteiger partial charge in [-0.15, -0.1) is 0 Å². The smallest absolute Gasteiger partial charge is 0.326 e. The van der Waals surface area contributed by atoms with Gasteiger partial charge in [0.15, 0.2) is 11.5 Å². The summed E-state index contributed by atoms with van der Waals surface area (Å²) in [5, 5.41) is 12.3. The topological polar surface area (TPSA) is 88.1 Å². The van der Waals surface area contributed by atoms with Crippen LogP contribution < -0.4 is 19.7 Å². The van der Waals surface area contributed by atoms with Crippen molar-refractivity contribution in [2.75, 3.05) is 30.0 Å². The van der Waals surface area contributed by atoms with Gasteiger partial charge >= 0.3 is 5.97 Å². The summed E-state index contributed by atoms with van der Waals surface area (Å²) in [6, 6.07) is 2.53. The molecule has 21 heavy (non-hydrogen) atoms. The van der Waals surface area contributed by atoms with E-state index in [1.54, 1.807) is 19.1 Å². The molecule has 3 rings (SSSR count). The lowest BCUT2D eigenvalue weighted by Gasteiger charge is -2.35. The van der Waals surface area contributed by atoms with Gasteiger partial charge in [-0.05, 0) is 6.42 Å². The zero-order valence-electron chi connectivity index (χ0n) is 11.6. The van der Waals surface area contributed by atoms with Crippen molar-refractivity contribution in [3.05, 3.63) is 12.1 Å². The quantitative estimate of drug-likeness (QED) is 0.866. The van der Waals surface area contributed by atoms with Crippen LogP contribution in [0.2, 0.25) is 0 Å². The number of hydrogen-bond donors (Lipinski definition) is 2. The van der Waals surface area contributed by atoms with Crippen LogP contribution >= 0.6 is 0 Å². The number of benzene rings is 1. The molecule has 2 aliphatic rings. The summed E-state index contributed by atoms with van der Waals surface area (Å²) in [7, 11) is 0. The third-order valence-electron chi connectivity index (χ3n) is 3.60. The first-order chi connectivity index (χ1) is 10.1. The Hall–Kier alpha value is -2.44. The average molecular weight is 292 g/mol. The molecule has 0 radical (unpaired) electrons. The first kappa shape index (κ1) is 13.5. The average Bonchev–Trinajstić information content (AvgIpc) is 2.48. The molecule has 1 atom stereocenters. The number of ether oxygens (including phenoxy) is 2. The number of nitrogens with zero attached hydrogens (tertiary/aromatic N) is 1. The van der Waals surface area contributed by atoms with Gasteiger partial charge < -0.3 is 19.9 Å². The summed E-state index contributed by atoms with van der Waals surface area (Å²) in [6.45, 7) is 2.71. The van der Waals surface area contributed by atoms with Crippen LogP contribution in [0.15, 0.2) is 12.1 Å². The normalized spacial score (nSPS) is 17.8. The van der Waals surface area contributed by atoms with E-state index >= 15 is 0 Å². The first-order valence-electron chi connectivity index (χ1n) is 6.84. The summed E-state index contributed by atoms with van der Waals surface area (Å²) < 4.78 is 11.0. The predicted octanol–water partition coefficient (Wildman–Crippen LogP) is 1.08. The Labute approximate surface area is 121 Å². The standard InChI is InChI=1S/C14H16N2O5/c1-2-9(14(18)19)16-10-6-12-11(20-3-4-21-12)5-8(10)15-7-13(16)17/h5-6,9,15H,2-4,7H2,1H3,(H,18,19). The molecule has 2 aliphatic heterocycles. The van der Waals surface area contributed by atoms with Gasteiger partial charge in [0.05, 0.1) is 17.9 Å². The molecule has 7 nitrogen and oxygen atoms in total. The van der Waals surface area contributed by atoms with Gasteiger partial charge in [-0.1, -0.05) is 6.92 Å². The van der Waals surface area contributed by atoms with Crippen molar-refractivity contribution in [1.82, 2.24) is 0 Å². The Kier molecular flexibility index (Phi) is 3.32. The van der Waals surface area contributed by atoms with Crippen molar-refractivity contribution in [2.24, 2.45) is 0 Å². The number of carbonyl (C=O) groups is 2. The Morgan fingerprint density at radius 1 is 1.38 bits per heavy atom. The molecular weight excluding hydrogens is 276 g/mol. The molecule has 1 aromatic rings. The maximum Gasteiger partial charge on any atom is 0.326 e. The minimum Gasteiger partial charge on any atom is -0.486 e. The van der Waals surface area contributed by atoms with E-state index in [-0.39, 0.29) is 12.5 Å². The van der Waals surface area contributed by atoms with Gasteiger partial charge in [-0.25, -0.2) is 4.79 Å². The van der Waals surface area contributed by atoms with E-state index in [2.05, 4.69) is 5.32 Å². The highest BCUT2D eigenvalue weighted by molar-refractivity contribution is 6.06. The van der Waals surface area contributed by atoms with E-state index in [1.165, 1.54) is 4.90 Å². The monoisotopic (exact) mass is 292 g/mol. The molecular formula is C14H16N2O5. The van der Waals surface area contributed by atoms with E-state index in [9.17, 15) is 14.7 Å². The number of fused-ring (bicyclic) bond motifs is 2. The summed E-state index contributed by atoms with van der Waals surface area (Å²) in [5.74, 6) is -0.158. The molecule has 0 spiro atoms. The molecule has 1 amide bonds. The van der Waals surface area contributed by atoms with Crippen LogP contribution in [0, 0.1) is 0 Å². The highest BCUT2D eigenvalue weighted by Gasteiger charge is 2.35. The molecule has 7 heteroatoms. The zero-order chi connectivity index (χ0) is 15.0. The summed E-state index contributed by atoms with van der Waals surface area (Å²) in [6.07, 6.45) is 0.328. The highest BCUT2D eigenvalue weighted by Crippen LogP contribution is 2.42. The molecule has 2 N–H and O–H groups in total. The van der Waals surface area contributed by atoms with E-state index in [0.29, 0.717) is 42.5 Å². The van der Waals surface area contributed by atoms with Gasteiger partial charge in [0, 0.05) is 12.1 Å². The van der Waals surface area contributed by atoms with Crippen molar-refractivity contribution < 1.29 is 24.2 Å². The molecule has 112 valence electrons. The molecule has 0 saturated carbocycles. The Bertz CT molecular complexity index is 601. The third kappa shape index (κ3) is 2.24. The van der Waals surface area contributed by atoms with Gasteiger partial charge in [-0.3, -0.25) is 9.69 Å². The lowest BCUT2D eigenvalue weighted by Crippen LogP contribution is -2.49. The predicted molar refractivity (Wildman–Crippen MR) is 75.1 cm³/mol. The molecule has 1 aromatic carbocycles. The number of hydrogen-bond acceptors (Lipinski definition) is 5. The van der Waals surface area contributed by atoms with Crippen LogP contribution in [0.5, 0.6) is 11.5 Å². The van der Waals surface area contributed by atoms with E-state index in [1.807, 2.05) is 0 Å². The molecule has 0 aliphatic carbocycles. The van der Waals surface area contributed by atoms with E-state index in [0.717, 1.165) is 0 Å². The Morgan fingerprint density at radius 3 is 2.67 bits per heavy atom. The summed E-state index contributed by atoms with van der Waals surface area (Å²) in [4.78, 5) is 24.9. The second kappa shape index (κ2) is 5.16. The van der Waals surface area contributed by atoms with Crippen LogP contribution in [-0.2, 0) is 9.59 Å². The third-order valence-corrected chi connectivity index (χ3v) is 3.60. The molecule has 0 fully saturated rings. The minimum absolute atomic E-state index is 0.0659. The number of carbonyl (C=O) groups excluding carboxylic acids is 1. The Balaban J connectivity index is 2.08. The lowest BCUT2D eigenvalue weighted by atomic mass is 10.1. The van der Waals surface area contributed by atoms with Crippen molar-refractivity contribution >= 4 is 23.3 Å². The van der Waals surface area contributed by atoms with Gasteiger partial charge in [0.25, 0.3) is 0 Å². The number of rotatable bonds is 3. The largest absolute Gasteiger partial charge is 0.486 e. The fourth-order valence-electron chi connectivity index (χ4n) is 2.62. The highest BCUT2D eigenvalue weighted by atomic mass is 16.6. The SMILES string of the molecule is CCC(C(=O)O)N1C(=O)CNc2cc3c(cc21)OCCO3. The van der Waals surface area contributed by atoms with Crippen molar-refractivity contribution in [2.45, 2.75) is 19.4 Å². The fraction of sp³-hybridized carbons (Fsp3) is 0.429. The molecule has 0 aromatic heterocycles. The minimum atomic E-state index is -1.02. The number of amides is 1. The van der Waals surface area contributed by atoms with Crippen LogP contribution in [0.1, 0.15) is 13.3 Å². The number of carboxylic acids is 1. The maximum absolute atomic E-state index is 12.2. The van der Waals surface area contributed by atoms with Crippen molar-refractivity contribution in [3.8, 4) is 11.5 Å². The van der Waals surface area contributed by atoms with Crippen molar-refractivity contribution in [1.29, 1.82) is 0 Å². The van der Waals surface area contributed by atoms with E-state index < -0.39 is 12.0 Å². The number of carboxylic acid groups (broad SMARTS) is 1. The maximum atomic E-state index is 12.2. The van der Waals surface area contributed by atoms with Gasteiger partial charge in [0.2, 0.25) is 5.91 Å². The molecule has 1 unspecified atom stereocenters. The second-order valence-electron chi connectivity index (χ2n) is 4.89. The van der Waals surface area contributed by atoms with Crippen LogP contribution in [-0.4, -0.2) is 42.8 Å².